The van der Waals surface area contributed by atoms with E-state index in [4.69, 9.17) is 10.5 Å². The first-order valence-electron chi connectivity index (χ1n) is 5.84. The molecule has 104 valence electrons. The van der Waals surface area contributed by atoms with E-state index in [1.165, 1.54) is 14.2 Å². The first kappa shape index (κ1) is 14.8. The van der Waals surface area contributed by atoms with E-state index in [0.29, 0.717) is 11.4 Å². The van der Waals surface area contributed by atoms with Crippen molar-refractivity contribution in [2.75, 3.05) is 25.3 Å². The maximum Gasteiger partial charge on any atom is 0.328 e. The fourth-order valence-corrected chi connectivity index (χ4v) is 1.57. The molecule has 1 atom stereocenters. The lowest BCUT2D eigenvalue weighted by Gasteiger charge is -2.18. The second-order valence-corrected chi connectivity index (χ2v) is 3.92. The maximum atomic E-state index is 11.7. The summed E-state index contributed by atoms with van der Waals surface area (Å²) in [6.45, 7) is 0. The average Bonchev–Trinajstić information content (AvgIpc) is 2.44. The molecular weight excluding hydrogens is 248 g/mol. The summed E-state index contributed by atoms with van der Waals surface area (Å²) in [6, 6.07) is 6.42. The van der Waals surface area contributed by atoms with Crippen molar-refractivity contribution >= 4 is 23.3 Å². The quantitative estimate of drug-likeness (QED) is 0.593. The van der Waals surface area contributed by atoms with Gasteiger partial charge in [0.25, 0.3) is 0 Å². The fourth-order valence-electron chi connectivity index (χ4n) is 1.57. The van der Waals surface area contributed by atoms with Gasteiger partial charge in [0.2, 0.25) is 0 Å². The number of ether oxygens (including phenoxy) is 2. The SMILES string of the molecule is COC(=O)CCC(Nc1ccccc1N)C(=O)OC. The average molecular weight is 266 g/mol. The lowest BCUT2D eigenvalue weighted by molar-refractivity contribution is -0.143. The van der Waals surface area contributed by atoms with Crippen LogP contribution in [-0.4, -0.2) is 32.2 Å². The number of hydrogen-bond donors (Lipinski definition) is 2. The third-order valence-corrected chi connectivity index (χ3v) is 2.64. The molecule has 0 radical (unpaired) electrons. The maximum absolute atomic E-state index is 11.7. The molecule has 0 saturated heterocycles. The molecule has 0 aliphatic carbocycles. The Morgan fingerprint density at radius 2 is 1.95 bits per heavy atom. The Kier molecular flexibility index (Phi) is 5.66. The number of esters is 2. The molecule has 0 spiro atoms. The second-order valence-electron chi connectivity index (χ2n) is 3.92. The van der Waals surface area contributed by atoms with Crippen molar-refractivity contribution in [3.63, 3.8) is 0 Å². The number of carbonyl (C=O) groups excluding carboxylic acids is 2. The number of benzene rings is 1. The zero-order valence-corrected chi connectivity index (χ0v) is 11.0. The summed E-state index contributed by atoms with van der Waals surface area (Å²) in [6.07, 6.45) is 0.393. The van der Waals surface area contributed by atoms with E-state index >= 15 is 0 Å². The summed E-state index contributed by atoms with van der Waals surface area (Å²) in [5.41, 5.74) is 6.94. The number of nitrogens with one attached hydrogen (secondary N) is 1. The molecule has 6 heteroatoms. The number of anilines is 2. The van der Waals surface area contributed by atoms with E-state index < -0.39 is 12.0 Å². The van der Waals surface area contributed by atoms with E-state index in [0.717, 1.165) is 0 Å². The summed E-state index contributed by atoms with van der Waals surface area (Å²) in [5.74, 6) is -0.830. The Balaban J connectivity index is 2.72. The van der Waals surface area contributed by atoms with Gasteiger partial charge in [-0.25, -0.2) is 4.79 Å². The van der Waals surface area contributed by atoms with Gasteiger partial charge < -0.3 is 20.5 Å². The number of rotatable bonds is 6. The summed E-state index contributed by atoms with van der Waals surface area (Å²) in [7, 11) is 2.60. The Morgan fingerprint density at radius 3 is 2.53 bits per heavy atom. The van der Waals surface area contributed by atoms with Gasteiger partial charge in [0.1, 0.15) is 6.04 Å². The van der Waals surface area contributed by atoms with Crippen LogP contribution in [0.5, 0.6) is 0 Å². The minimum atomic E-state index is -0.645. The van der Waals surface area contributed by atoms with E-state index in [1.807, 2.05) is 0 Å². The van der Waals surface area contributed by atoms with Crippen molar-refractivity contribution in [2.45, 2.75) is 18.9 Å². The van der Waals surface area contributed by atoms with Gasteiger partial charge in [-0.05, 0) is 18.6 Å². The van der Waals surface area contributed by atoms with Crippen LogP contribution in [0.15, 0.2) is 24.3 Å². The van der Waals surface area contributed by atoms with Crippen molar-refractivity contribution in [1.29, 1.82) is 0 Å². The van der Waals surface area contributed by atoms with Gasteiger partial charge in [0.05, 0.1) is 25.6 Å². The molecular formula is C13H18N2O4. The monoisotopic (exact) mass is 266 g/mol. The molecule has 0 aromatic heterocycles. The molecule has 1 unspecified atom stereocenters. The van der Waals surface area contributed by atoms with Gasteiger partial charge >= 0.3 is 11.9 Å². The number of hydrogen-bond acceptors (Lipinski definition) is 6. The number of nitrogens with two attached hydrogens (primary N) is 1. The number of nitrogen functional groups attached to an aromatic ring is 1. The van der Waals surface area contributed by atoms with Gasteiger partial charge in [0, 0.05) is 6.42 Å². The molecule has 0 bridgehead atoms. The molecule has 1 aromatic rings. The van der Waals surface area contributed by atoms with Gasteiger partial charge in [-0.1, -0.05) is 12.1 Å². The van der Waals surface area contributed by atoms with Crippen molar-refractivity contribution in [2.24, 2.45) is 0 Å². The molecule has 0 fully saturated rings. The third-order valence-electron chi connectivity index (χ3n) is 2.64. The predicted octanol–water partition coefficient (Wildman–Crippen LogP) is 1.18. The van der Waals surface area contributed by atoms with Gasteiger partial charge in [-0.3, -0.25) is 4.79 Å². The van der Waals surface area contributed by atoms with E-state index in [-0.39, 0.29) is 18.8 Å². The van der Waals surface area contributed by atoms with Crippen LogP contribution < -0.4 is 11.1 Å². The van der Waals surface area contributed by atoms with Crippen LogP contribution in [0.3, 0.4) is 0 Å². The highest BCUT2D eigenvalue weighted by atomic mass is 16.5. The van der Waals surface area contributed by atoms with Crippen LogP contribution in [-0.2, 0) is 19.1 Å². The van der Waals surface area contributed by atoms with Gasteiger partial charge in [-0.15, -0.1) is 0 Å². The summed E-state index contributed by atoms with van der Waals surface area (Å²) < 4.78 is 9.24. The highest BCUT2D eigenvalue weighted by Gasteiger charge is 2.21. The topological polar surface area (TPSA) is 90.6 Å². The Hall–Kier alpha value is -2.24. The lowest BCUT2D eigenvalue weighted by Crippen LogP contribution is -2.31. The second kappa shape index (κ2) is 7.25. The van der Waals surface area contributed by atoms with Gasteiger partial charge in [-0.2, -0.15) is 0 Å². The predicted molar refractivity (Wildman–Crippen MR) is 71.5 cm³/mol. The van der Waals surface area contributed by atoms with Crippen LogP contribution in [0.1, 0.15) is 12.8 Å². The van der Waals surface area contributed by atoms with E-state index in [1.54, 1.807) is 24.3 Å². The van der Waals surface area contributed by atoms with Crippen LogP contribution in [0, 0.1) is 0 Å². The van der Waals surface area contributed by atoms with Crippen molar-refractivity contribution in [1.82, 2.24) is 0 Å². The Morgan fingerprint density at radius 1 is 1.26 bits per heavy atom. The highest BCUT2D eigenvalue weighted by Crippen LogP contribution is 2.19. The number of carbonyl (C=O) groups is 2. The molecule has 19 heavy (non-hydrogen) atoms. The van der Waals surface area contributed by atoms with Crippen molar-refractivity contribution in [3.05, 3.63) is 24.3 Å². The first-order valence-corrected chi connectivity index (χ1v) is 5.84. The molecule has 1 aromatic carbocycles. The van der Waals surface area contributed by atoms with Crippen molar-refractivity contribution < 1.29 is 19.1 Å². The standard InChI is InChI=1S/C13H18N2O4/c1-18-12(16)8-7-11(13(17)19-2)15-10-6-4-3-5-9(10)14/h3-6,11,15H,7-8,14H2,1-2H3. The summed E-state index contributed by atoms with van der Waals surface area (Å²) >= 11 is 0. The summed E-state index contributed by atoms with van der Waals surface area (Å²) in [5, 5.41) is 2.97. The zero-order chi connectivity index (χ0) is 14.3. The highest BCUT2D eigenvalue weighted by molar-refractivity contribution is 5.82. The zero-order valence-electron chi connectivity index (χ0n) is 11.0. The number of methoxy groups -OCH3 is 2. The molecule has 3 N–H and O–H groups in total. The van der Waals surface area contributed by atoms with Crippen molar-refractivity contribution in [3.8, 4) is 0 Å². The molecule has 1 rings (SSSR count). The molecule has 6 nitrogen and oxygen atoms in total. The first-order chi connectivity index (χ1) is 9.08. The minimum absolute atomic E-state index is 0.121. The lowest BCUT2D eigenvalue weighted by atomic mass is 10.1. The van der Waals surface area contributed by atoms with Gasteiger partial charge in [0.15, 0.2) is 0 Å². The molecule has 0 aliphatic rings. The number of para-hydroxylation sites is 2. The molecule has 0 amide bonds. The Labute approximate surface area is 111 Å². The van der Waals surface area contributed by atoms with Crippen LogP contribution in [0.4, 0.5) is 11.4 Å². The van der Waals surface area contributed by atoms with Crippen LogP contribution in [0.25, 0.3) is 0 Å². The minimum Gasteiger partial charge on any atom is -0.469 e. The molecule has 0 aliphatic heterocycles. The molecule has 0 heterocycles. The molecule has 0 saturated carbocycles. The van der Waals surface area contributed by atoms with E-state index in [2.05, 4.69) is 10.1 Å². The van der Waals surface area contributed by atoms with Crippen LogP contribution in [0.2, 0.25) is 0 Å². The summed E-state index contributed by atoms with van der Waals surface area (Å²) in [4.78, 5) is 22.8. The van der Waals surface area contributed by atoms with E-state index in [9.17, 15) is 9.59 Å². The van der Waals surface area contributed by atoms with Crippen LogP contribution >= 0.6 is 0 Å². The Bertz CT molecular complexity index is 448. The fraction of sp³-hybridized carbons (Fsp3) is 0.385. The largest absolute Gasteiger partial charge is 0.469 e. The normalized spacial score (nSPS) is 11.5. The third kappa shape index (κ3) is 4.50. The smallest absolute Gasteiger partial charge is 0.328 e.